The lowest BCUT2D eigenvalue weighted by atomic mass is 10.1. The SMILES string of the molecule is C=I1=C(Nc2ccnc(C)n2)N=C(c2ccn([C@H](CO)c3ccc(Cl)c(F)c3)c(=O)c2)C=C1. The number of allylic oxidation sites excluding steroid dienone is 1. The lowest BCUT2D eigenvalue weighted by Crippen LogP contribution is -2.28. The molecule has 0 fully saturated rings. The molecule has 33 heavy (non-hydrogen) atoms. The highest BCUT2D eigenvalue weighted by molar-refractivity contribution is 14.2. The first-order valence-corrected chi connectivity index (χ1v) is 14.0. The third-order valence-electron chi connectivity index (χ3n) is 4.91. The summed E-state index contributed by atoms with van der Waals surface area (Å²) in [6.07, 6.45) is 5.10. The molecule has 0 aliphatic carbocycles. The molecule has 10 heteroatoms. The van der Waals surface area contributed by atoms with Gasteiger partial charge in [-0.2, -0.15) is 0 Å². The normalized spacial score (nSPS) is 14.8. The largest absolute Gasteiger partial charge is 0.394 e. The van der Waals surface area contributed by atoms with E-state index in [0.29, 0.717) is 28.5 Å². The van der Waals surface area contributed by atoms with Gasteiger partial charge in [-0.25, -0.2) is 19.4 Å². The van der Waals surface area contributed by atoms with E-state index in [1.807, 2.05) is 10.2 Å². The van der Waals surface area contributed by atoms with Crippen LogP contribution in [0.5, 0.6) is 0 Å². The monoisotopic (exact) mass is 579 g/mol. The van der Waals surface area contributed by atoms with Crippen molar-refractivity contribution >= 4 is 50.3 Å². The van der Waals surface area contributed by atoms with Crippen LogP contribution in [0.4, 0.5) is 10.2 Å². The van der Waals surface area contributed by atoms with Crippen LogP contribution in [-0.2, 0) is 0 Å². The molecule has 1 aliphatic rings. The van der Waals surface area contributed by atoms with Gasteiger partial charge in [0.05, 0.1) is 23.4 Å². The molecule has 0 saturated carbocycles. The lowest BCUT2D eigenvalue weighted by Gasteiger charge is -2.19. The maximum absolute atomic E-state index is 13.9. The van der Waals surface area contributed by atoms with Gasteiger partial charge in [0.2, 0.25) is 0 Å². The van der Waals surface area contributed by atoms with Crippen molar-refractivity contribution in [3.8, 4) is 0 Å². The zero-order valence-electron chi connectivity index (χ0n) is 17.5. The number of aliphatic imine (C=N–C) groups is 1. The Morgan fingerprint density at radius 1 is 1.30 bits per heavy atom. The van der Waals surface area contributed by atoms with E-state index in [-0.39, 0.29) is 17.2 Å². The molecule has 1 aliphatic heterocycles. The summed E-state index contributed by atoms with van der Waals surface area (Å²) in [5.41, 5.74) is 1.32. The van der Waals surface area contributed by atoms with Gasteiger partial charge in [-0.15, -0.1) is 0 Å². The molecule has 2 aromatic heterocycles. The summed E-state index contributed by atoms with van der Waals surface area (Å²) in [5, 5.41) is 13.1. The van der Waals surface area contributed by atoms with Crippen LogP contribution < -0.4 is 10.9 Å². The first kappa shape index (κ1) is 23.3. The van der Waals surface area contributed by atoms with Crippen molar-refractivity contribution in [3.05, 3.63) is 97.1 Å². The van der Waals surface area contributed by atoms with Gasteiger partial charge in [0.1, 0.15) is 17.5 Å². The Kier molecular flexibility index (Phi) is 7.01. The van der Waals surface area contributed by atoms with Crippen LogP contribution in [0.2, 0.25) is 5.02 Å². The fourth-order valence-corrected chi connectivity index (χ4v) is 5.68. The summed E-state index contributed by atoms with van der Waals surface area (Å²) in [5.74, 6) is 0.669. The molecule has 4 rings (SSSR count). The Labute approximate surface area is 200 Å². The molecule has 3 aromatic rings. The number of rotatable bonds is 6. The van der Waals surface area contributed by atoms with Crippen molar-refractivity contribution in [1.29, 1.82) is 0 Å². The van der Waals surface area contributed by atoms with Gasteiger partial charge in [0.15, 0.2) is 3.76 Å². The minimum Gasteiger partial charge on any atom is -0.394 e. The molecule has 170 valence electrons. The Morgan fingerprint density at radius 3 is 2.82 bits per heavy atom. The Morgan fingerprint density at radius 2 is 2.12 bits per heavy atom. The summed E-state index contributed by atoms with van der Waals surface area (Å²) in [6.45, 7) is 1.43. The first-order chi connectivity index (χ1) is 15.9. The van der Waals surface area contributed by atoms with Crippen LogP contribution in [0.1, 0.15) is 23.0 Å². The van der Waals surface area contributed by atoms with Gasteiger partial charge in [-0.05, 0) is 46.9 Å². The second-order valence-electron chi connectivity index (χ2n) is 7.12. The fourth-order valence-electron chi connectivity index (χ4n) is 3.25. The molecule has 7 nitrogen and oxygen atoms in total. The summed E-state index contributed by atoms with van der Waals surface area (Å²) in [4.78, 5) is 26.0. The predicted octanol–water partition coefficient (Wildman–Crippen LogP) is 3.78. The zero-order valence-corrected chi connectivity index (χ0v) is 20.5. The Bertz CT molecular complexity index is 1430. The first-order valence-electron chi connectivity index (χ1n) is 9.82. The van der Waals surface area contributed by atoms with Crippen LogP contribution in [0.15, 0.2) is 68.7 Å². The average molecular weight is 580 g/mol. The van der Waals surface area contributed by atoms with Gasteiger partial charge < -0.3 is 15.0 Å². The zero-order chi connectivity index (χ0) is 23.5. The maximum atomic E-state index is 13.9. The fraction of sp³-hybridized carbons (Fsp3) is 0.130. The number of benzene rings is 1. The standard InChI is InChI=1S/C23H20ClFIN5O2/c1-14-27-9-6-21(28-14)30-23-26(2)8-5-19(29-23)15-7-10-31(22(33)12-15)20(13-32)16-3-4-17(24)18(25)11-16/h3-12,20,32H,2,13H2,1H3,(H,27,28,29,30)/t20-/m1/s1. The quantitative estimate of drug-likeness (QED) is 0.434. The minimum atomic E-state index is -1.87. The van der Waals surface area contributed by atoms with E-state index in [0.717, 1.165) is 3.76 Å². The van der Waals surface area contributed by atoms with Crippen LogP contribution in [0.25, 0.3) is 0 Å². The number of aryl methyl sites for hydroxylation is 1. The van der Waals surface area contributed by atoms with E-state index in [9.17, 15) is 14.3 Å². The summed E-state index contributed by atoms with van der Waals surface area (Å²) < 4.78 is 22.3. The molecule has 3 heterocycles. The third kappa shape index (κ3) is 5.21. The predicted molar refractivity (Wildman–Crippen MR) is 140 cm³/mol. The van der Waals surface area contributed by atoms with E-state index in [1.54, 1.807) is 37.5 Å². The van der Waals surface area contributed by atoms with Crippen LogP contribution >= 0.6 is 30.5 Å². The third-order valence-corrected chi connectivity index (χ3v) is 8.27. The van der Waals surface area contributed by atoms with Gasteiger partial charge in [0.25, 0.3) is 5.56 Å². The van der Waals surface area contributed by atoms with E-state index in [2.05, 4.69) is 19.8 Å². The highest BCUT2D eigenvalue weighted by Gasteiger charge is 2.17. The van der Waals surface area contributed by atoms with Gasteiger partial charge in [-0.3, -0.25) is 4.79 Å². The van der Waals surface area contributed by atoms with Gasteiger partial charge in [-0.1, -0.05) is 41.1 Å². The number of anilines is 1. The number of hydrogen-bond donors (Lipinski definition) is 2. The highest BCUT2D eigenvalue weighted by Crippen LogP contribution is 2.23. The number of nitrogens with one attached hydrogen (secondary N) is 1. The average Bonchev–Trinajstić information content (AvgIpc) is 2.79. The van der Waals surface area contributed by atoms with Gasteiger partial charge >= 0.3 is 0 Å². The topological polar surface area (TPSA) is 92.4 Å². The summed E-state index contributed by atoms with van der Waals surface area (Å²) >= 11 is 3.88. The Balaban J connectivity index is 1.64. The number of aromatic nitrogens is 3. The smallest absolute Gasteiger partial charge is 0.251 e. The lowest BCUT2D eigenvalue weighted by molar-refractivity contribution is 0.246. The molecule has 0 saturated heterocycles. The molecule has 0 unspecified atom stereocenters. The van der Waals surface area contributed by atoms with Crippen molar-refractivity contribution in [2.45, 2.75) is 13.0 Å². The van der Waals surface area contributed by atoms with Crippen molar-refractivity contribution in [3.63, 3.8) is 0 Å². The Hall–Kier alpha value is -2.89. The molecule has 0 bridgehead atoms. The second-order valence-corrected chi connectivity index (χ2v) is 11.5. The number of aliphatic hydroxyl groups is 1. The van der Waals surface area contributed by atoms with Crippen LogP contribution in [-0.4, -0.2) is 40.2 Å². The molecule has 0 spiro atoms. The van der Waals surface area contributed by atoms with E-state index in [4.69, 9.17) is 16.6 Å². The van der Waals surface area contributed by atoms with E-state index < -0.39 is 30.7 Å². The summed E-state index contributed by atoms with van der Waals surface area (Å²) in [6, 6.07) is 8.40. The van der Waals surface area contributed by atoms with E-state index >= 15 is 0 Å². The number of pyridine rings is 1. The molecule has 2 N–H and O–H groups in total. The number of nitrogens with zero attached hydrogens (tertiary/aromatic N) is 4. The van der Waals surface area contributed by atoms with Crippen molar-refractivity contribution in [2.75, 3.05) is 11.9 Å². The number of halogens is 3. The van der Waals surface area contributed by atoms with Crippen molar-refractivity contribution in [1.82, 2.24) is 14.5 Å². The van der Waals surface area contributed by atoms with Crippen molar-refractivity contribution < 1.29 is 9.50 Å². The van der Waals surface area contributed by atoms with Gasteiger partial charge in [0, 0.05) is 24.0 Å². The van der Waals surface area contributed by atoms with Crippen molar-refractivity contribution in [2.24, 2.45) is 4.99 Å². The molecule has 1 atom stereocenters. The molecular weight excluding hydrogens is 560 g/mol. The molecular formula is C23H20ClFIN5O2. The molecule has 0 radical (unpaired) electrons. The number of hydrogen-bond acceptors (Lipinski definition) is 6. The van der Waals surface area contributed by atoms with E-state index in [1.165, 1.54) is 22.8 Å². The second kappa shape index (κ2) is 9.94. The molecule has 1 aromatic carbocycles. The maximum Gasteiger partial charge on any atom is 0.251 e. The number of aliphatic hydroxyl groups excluding tert-OH is 1. The summed E-state index contributed by atoms with van der Waals surface area (Å²) in [7, 11) is 0. The highest BCUT2D eigenvalue weighted by atomic mass is 127. The van der Waals surface area contributed by atoms with Crippen LogP contribution in [0, 0.1) is 12.7 Å². The molecule has 0 amide bonds. The van der Waals surface area contributed by atoms with Crippen LogP contribution in [0.3, 0.4) is 0 Å². The minimum absolute atomic E-state index is 0.0225.